The fourth-order valence-corrected chi connectivity index (χ4v) is 3.40. The average molecular weight is 401 g/mol. The van der Waals surface area contributed by atoms with Crippen molar-refractivity contribution in [3.63, 3.8) is 0 Å². The molecule has 0 bridgehead atoms. The maximum absolute atomic E-state index is 12.2. The van der Waals surface area contributed by atoms with Crippen LogP contribution in [0, 0.1) is 0 Å². The van der Waals surface area contributed by atoms with Crippen LogP contribution in [0.5, 0.6) is 0 Å². The van der Waals surface area contributed by atoms with Crippen LogP contribution in [0.1, 0.15) is 18.9 Å². The van der Waals surface area contributed by atoms with E-state index in [2.05, 4.69) is 20.8 Å². The van der Waals surface area contributed by atoms with Gasteiger partial charge in [-0.1, -0.05) is 53.7 Å². The van der Waals surface area contributed by atoms with Crippen molar-refractivity contribution >= 4 is 51.7 Å². The number of nitrogens with zero attached hydrogens (tertiary/aromatic N) is 2. The minimum atomic E-state index is -0.539. The van der Waals surface area contributed by atoms with Gasteiger partial charge in [0, 0.05) is 17.1 Å². The van der Waals surface area contributed by atoms with Crippen LogP contribution in [0.4, 0.5) is 5.69 Å². The number of amidine groups is 1. The van der Waals surface area contributed by atoms with Crippen molar-refractivity contribution in [1.82, 2.24) is 5.32 Å². The second kappa shape index (κ2) is 8.83. The number of rotatable bonds is 5. The SMILES string of the molecule is C/C(=N/N=C1\NC(=O)[C@H](CC(=O)Nc2ccc(Cl)cc2)S1)c1ccccc1. The van der Waals surface area contributed by atoms with E-state index in [1.54, 1.807) is 24.3 Å². The third kappa shape index (κ3) is 5.42. The Morgan fingerprint density at radius 1 is 1.19 bits per heavy atom. The lowest BCUT2D eigenvalue weighted by molar-refractivity contribution is -0.122. The summed E-state index contributed by atoms with van der Waals surface area (Å²) in [5, 5.41) is 14.1. The number of benzene rings is 2. The molecule has 2 amide bonds. The van der Waals surface area contributed by atoms with E-state index in [9.17, 15) is 9.59 Å². The standard InChI is InChI=1S/C19H17ClN4O2S/c1-12(13-5-3-2-4-6-13)23-24-19-22-18(26)16(27-19)11-17(25)21-15-9-7-14(20)8-10-15/h2-10,16H,11H2,1H3,(H,21,25)(H,22,24,26)/b23-12-/t16-/m0/s1. The van der Waals surface area contributed by atoms with E-state index < -0.39 is 5.25 Å². The number of hydrogen-bond donors (Lipinski definition) is 2. The topological polar surface area (TPSA) is 82.9 Å². The largest absolute Gasteiger partial charge is 0.326 e. The van der Waals surface area contributed by atoms with Gasteiger partial charge in [-0.3, -0.25) is 9.59 Å². The Morgan fingerprint density at radius 3 is 2.59 bits per heavy atom. The lowest BCUT2D eigenvalue weighted by Crippen LogP contribution is -2.28. The quantitative estimate of drug-likeness (QED) is 0.593. The van der Waals surface area contributed by atoms with Crippen molar-refractivity contribution in [2.45, 2.75) is 18.6 Å². The molecule has 2 aromatic carbocycles. The molecular formula is C19H17ClN4O2S. The van der Waals surface area contributed by atoms with E-state index in [1.165, 1.54) is 11.8 Å². The highest BCUT2D eigenvalue weighted by atomic mass is 35.5. The number of anilines is 1. The second-order valence-electron chi connectivity index (χ2n) is 5.81. The molecule has 1 saturated heterocycles. The highest BCUT2D eigenvalue weighted by Gasteiger charge is 2.32. The monoisotopic (exact) mass is 400 g/mol. The molecule has 2 N–H and O–H groups in total. The van der Waals surface area contributed by atoms with Gasteiger partial charge in [0.25, 0.3) is 0 Å². The molecule has 0 unspecified atom stereocenters. The molecule has 1 aliphatic heterocycles. The number of hydrogen-bond acceptors (Lipinski definition) is 5. The molecule has 138 valence electrons. The predicted octanol–water partition coefficient (Wildman–Crippen LogP) is 3.68. The summed E-state index contributed by atoms with van der Waals surface area (Å²) in [6, 6.07) is 16.4. The van der Waals surface area contributed by atoms with Gasteiger partial charge in [0.15, 0.2) is 5.17 Å². The van der Waals surface area contributed by atoms with Crippen LogP contribution >= 0.6 is 23.4 Å². The Kier molecular flexibility index (Phi) is 6.26. The second-order valence-corrected chi connectivity index (χ2v) is 7.44. The van der Waals surface area contributed by atoms with Gasteiger partial charge in [-0.05, 0) is 36.8 Å². The minimum Gasteiger partial charge on any atom is -0.326 e. The lowest BCUT2D eigenvalue weighted by Gasteiger charge is -2.07. The summed E-state index contributed by atoms with van der Waals surface area (Å²) in [6.45, 7) is 1.85. The zero-order valence-electron chi connectivity index (χ0n) is 14.5. The number of nitrogens with one attached hydrogen (secondary N) is 2. The summed E-state index contributed by atoms with van der Waals surface area (Å²) >= 11 is 7.02. The minimum absolute atomic E-state index is 0.0412. The van der Waals surface area contributed by atoms with Crippen molar-refractivity contribution in [2.75, 3.05) is 5.32 Å². The molecule has 8 heteroatoms. The van der Waals surface area contributed by atoms with Gasteiger partial charge in [0.1, 0.15) is 5.25 Å². The fourth-order valence-electron chi connectivity index (χ4n) is 2.36. The summed E-state index contributed by atoms with van der Waals surface area (Å²) in [7, 11) is 0. The number of carbonyl (C=O) groups is 2. The van der Waals surface area contributed by atoms with Crippen molar-refractivity contribution in [2.24, 2.45) is 10.2 Å². The molecule has 0 radical (unpaired) electrons. The molecule has 1 aliphatic rings. The van der Waals surface area contributed by atoms with E-state index in [-0.39, 0.29) is 18.2 Å². The first-order valence-electron chi connectivity index (χ1n) is 8.22. The highest BCUT2D eigenvalue weighted by molar-refractivity contribution is 8.15. The molecule has 2 aromatic rings. The molecule has 1 atom stereocenters. The molecule has 0 aliphatic carbocycles. The van der Waals surface area contributed by atoms with Crippen LogP contribution < -0.4 is 10.6 Å². The van der Waals surface area contributed by atoms with Crippen molar-refractivity contribution in [3.8, 4) is 0 Å². The first kappa shape index (κ1) is 19.1. The van der Waals surface area contributed by atoms with E-state index in [1.807, 2.05) is 37.3 Å². The molecule has 1 fully saturated rings. The van der Waals surface area contributed by atoms with Gasteiger partial charge in [-0.25, -0.2) is 0 Å². The van der Waals surface area contributed by atoms with Crippen LogP contribution in [-0.4, -0.2) is 27.9 Å². The van der Waals surface area contributed by atoms with Gasteiger partial charge in [0.2, 0.25) is 11.8 Å². The number of amides is 2. The van der Waals surface area contributed by atoms with Gasteiger partial charge < -0.3 is 10.6 Å². The number of thioether (sulfide) groups is 1. The molecule has 3 rings (SSSR count). The smallest absolute Gasteiger partial charge is 0.240 e. The number of halogens is 1. The molecule has 0 aromatic heterocycles. The van der Waals surface area contributed by atoms with Gasteiger partial charge in [0.05, 0.1) is 5.71 Å². The maximum atomic E-state index is 12.2. The van der Waals surface area contributed by atoms with E-state index in [4.69, 9.17) is 11.6 Å². The third-order valence-electron chi connectivity index (χ3n) is 3.76. The van der Waals surface area contributed by atoms with Crippen molar-refractivity contribution < 1.29 is 9.59 Å². The van der Waals surface area contributed by atoms with Gasteiger partial charge in [-0.15, -0.1) is 5.10 Å². The Morgan fingerprint density at radius 2 is 1.89 bits per heavy atom. The molecular weight excluding hydrogens is 384 g/mol. The lowest BCUT2D eigenvalue weighted by atomic mass is 10.1. The number of carbonyl (C=O) groups excluding carboxylic acids is 2. The van der Waals surface area contributed by atoms with Crippen molar-refractivity contribution in [3.05, 3.63) is 65.2 Å². The third-order valence-corrected chi connectivity index (χ3v) is 5.08. The molecule has 1 heterocycles. The molecule has 27 heavy (non-hydrogen) atoms. The molecule has 0 spiro atoms. The van der Waals surface area contributed by atoms with E-state index in [0.717, 1.165) is 11.3 Å². The summed E-state index contributed by atoms with van der Waals surface area (Å²) in [4.78, 5) is 24.2. The normalized spacial score (nSPS) is 18.4. The van der Waals surface area contributed by atoms with Crippen LogP contribution in [0.2, 0.25) is 5.02 Å². The van der Waals surface area contributed by atoms with Gasteiger partial charge in [-0.2, -0.15) is 5.10 Å². The summed E-state index contributed by atoms with van der Waals surface area (Å²) in [6.07, 6.45) is 0.0412. The summed E-state index contributed by atoms with van der Waals surface area (Å²) < 4.78 is 0. The first-order chi connectivity index (χ1) is 13.0. The summed E-state index contributed by atoms with van der Waals surface area (Å²) in [5.41, 5.74) is 2.32. The first-order valence-corrected chi connectivity index (χ1v) is 9.47. The Labute approximate surface area is 166 Å². The van der Waals surface area contributed by atoms with Crippen LogP contribution in [0.15, 0.2) is 64.8 Å². The predicted molar refractivity (Wildman–Crippen MR) is 110 cm³/mol. The van der Waals surface area contributed by atoms with Gasteiger partial charge >= 0.3 is 0 Å². The average Bonchev–Trinajstić information content (AvgIpc) is 3.01. The van der Waals surface area contributed by atoms with E-state index >= 15 is 0 Å². The molecule has 0 saturated carbocycles. The zero-order valence-corrected chi connectivity index (χ0v) is 16.1. The molecule has 6 nitrogen and oxygen atoms in total. The maximum Gasteiger partial charge on any atom is 0.240 e. The van der Waals surface area contributed by atoms with Crippen LogP contribution in [-0.2, 0) is 9.59 Å². The van der Waals surface area contributed by atoms with Crippen molar-refractivity contribution in [1.29, 1.82) is 0 Å². The Hall–Kier alpha value is -2.64. The van der Waals surface area contributed by atoms with E-state index in [0.29, 0.717) is 15.9 Å². The Balaban J connectivity index is 1.58. The fraction of sp³-hybridized carbons (Fsp3) is 0.158. The zero-order chi connectivity index (χ0) is 19.2. The highest BCUT2D eigenvalue weighted by Crippen LogP contribution is 2.23. The van der Waals surface area contributed by atoms with Crippen LogP contribution in [0.3, 0.4) is 0 Å². The van der Waals surface area contributed by atoms with Crippen LogP contribution in [0.25, 0.3) is 0 Å². The summed E-state index contributed by atoms with van der Waals surface area (Å²) in [5.74, 6) is -0.507. The Bertz CT molecular complexity index is 898.